The number of nitrogens with zero attached hydrogens (tertiary/aromatic N) is 1. The molecule has 1 aliphatic rings. The van der Waals surface area contributed by atoms with Crippen molar-refractivity contribution in [1.29, 1.82) is 0 Å². The number of rotatable bonds is 4. The summed E-state index contributed by atoms with van der Waals surface area (Å²) in [5.41, 5.74) is 3.89. The lowest BCUT2D eigenvalue weighted by Crippen LogP contribution is -2.21. The van der Waals surface area contributed by atoms with E-state index in [0.29, 0.717) is 12.6 Å². The SMILES string of the molecule is CNC1CCCc2cc(OCc3cncc(Br)c3)ccc21. The summed E-state index contributed by atoms with van der Waals surface area (Å²) in [6, 6.07) is 8.97. The van der Waals surface area contributed by atoms with E-state index < -0.39 is 0 Å². The molecular weight excluding hydrogens is 328 g/mol. The van der Waals surface area contributed by atoms with E-state index in [1.54, 1.807) is 6.20 Å². The van der Waals surface area contributed by atoms with E-state index in [4.69, 9.17) is 4.74 Å². The van der Waals surface area contributed by atoms with Crippen LogP contribution >= 0.6 is 15.9 Å². The van der Waals surface area contributed by atoms with E-state index in [9.17, 15) is 0 Å². The van der Waals surface area contributed by atoms with Crippen molar-refractivity contribution < 1.29 is 4.74 Å². The molecule has 1 aromatic carbocycles. The lowest BCUT2D eigenvalue weighted by molar-refractivity contribution is 0.305. The first-order valence-electron chi connectivity index (χ1n) is 7.28. The normalized spacial score (nSPS) is 17.3. The van der Waals surface area contributed by atoms with Crippen molar-refractivity contribution in [2.24, 2.45) is 0 Å². The molecule has 2 aromatic rings. The summed E-state index contributed by atoms with van der Waals surface area (Å²) in [6.45, 7) is 0.542. The topological polar surface area (TPSA) is 34.1 Å². The summed E-state index contributed by atoms with van der Waals surface area (Å²) in [6.07, 6.45) is 7.20. The van der Waals surface area contributed by atoms with Crippen molar-refractivity contribution in [2.45, 2.75) is 31.9 Å². The van der Waals surface area contributed by atoms with Gasteiger partial charge in [0.15, 0.2) is 0 Å². The van der Waals surface area contributed by atoms with Crippen molar-refractivity contribution >= 4 is 15.9 Å². The van der Waals surface area contributed by atoms with Crippen LogP contribution in [0.25, 0.3) is 0 Å². The fourth-order valence-corrected chi connectivity index (χ4v) is 3.29. The Labute approximate surface area is 133 Å². The van der Waals surface area contributed by atoms with Crippen LogP contribution < -0.4 is 10.1 Å². The standard InChI is InChI=1S/C17H19BrN2O/c1-19-17-4-2-3-13-8-15(5-6-16(13)17)21-11-12-7-14(18)10-20-9-12/h5-10,17,19H,2-4,11H2,1H3. The third-order valence-electron chi connectivity index (χ3n) is 3.94. The molecule has 0 amide bonds. The van der Waals surface area contributed by atoms with Crippen LogP contribution in [0.5, 0.6) is 5.75 Å². The van der Waals surface area contributed by atoms with Gasteiger partial charge in [0.05, 0.1) is 0 Å². The first kappa shape index (κ1) is 14.5. The molecule has 3 rings (SSSR count). The molecule has 1 N–H and O–H groups in total. The summed E-state index contributed by atoms with van der Waals surface area (Å²) in [5.74, 6) is 0.936. The Morgan fingerprint density at radius 1 is 1.33 bits per heavy atom. The van der Waals surface area contributed by atoms with Crippen LogP contribution in [0.4, 0.5) is 0 Å². The summed E-state index contributed by atoms with van der Waals surface area (Å²) in [5, 5.41) is 3.39. The molecule has 1 aromatic heterocycles. The number of benzene rings is 1. The zero-order chi connectivity index (χ0) is 14.7. The highest BCUT2D eigenvalue weighted by atomic mass is 79.9. The maximum atomic E-state index is 5.90. The number of ether oxygens (including phenoxy) is 1. The van der Waals surface area contributed by atoms with E-state index in [0.717, 1.165) is 22.2 Å². The summed E-state index contributed by atoms with van der Waals surface area (Å²) in [4.78, 5) is 4.15. The van der Waals surface area contributed by atoms with Crippen molar-refractivity contribution in [3.05, 3.63) is 57.8 Å². The van der Waals surface area contributed by atoms with Gasteiger partial charge in [-0.05, 0) is 71.6 Å². The molecule has 110 valence electrons. The second kappa shape index (κ2) is 6.58. The number of halogens is 1. The zero-order valence-electron chi connectivity index (χ0n) is 12.1. The Hall–Kier alpha value is -1.39. The molecule has 0 saturated carbocycles. The second-order valence-electron chi connectivity index (χ2n) is 5.39. The van der Waals surface area contributed by atoms with Crippen LogP contribution in [0, 0.1) is 0 Å². The first-order chi connectivity index (χ1) is 10.3. The predicted molar refractivity (Wildman–Crippen MR) is 87.4 cm³/mol. The number of hydrogen-bond donors (Lipinski definition) is 1. The highest BCUT2D eigenvalue weighted by Crippen LogP contribution is 2.32. The number of fused-ring (bicyclic) bond motifs is 1. The molecule has 1 aliphatic carbocycles. The fourth-order valence-electron chi connectivity index (χ4n) is 2.88. The molecule has 0 aliphatic heterocycles. The molecule has 1 atom stereocenters. The molecule has 0 fully saturated rings. The molecular formula is C17H19BrN2O. The van der Waals surface area contributed by atoms with Gasteiger partial charge in [0.1, 0.15) is 12.4 Å². The molecule has 1 heterocycles. The molecule has 4 heteroatoms. The maximum absolute atomic E-state index is 5.90. The van der Waals surface area contributed by atoms with E-state index >= 15 is 0 Å². The third kappa shape index (κ3) is 3.44. The predicted octanol–water partition coefficient (Wildman–Crippen LogP) is 4.02. The number of hydrogen-bond acceptors (Lipinski definition) is 3. The van der Waals surface area contributed by atoms with Crippen molar-refractivity contribution in [3.8, 4) is 5.75 Å². The third-order valence-corrected chi connectivity index (χ3v) is 4.38. The summed E-state index contributed by atoms with van der Waals surface area (Å²) >= 11 is 3.43. The van der Waals surface area contributed by atoms with Crippen LogP contribution in [0.15, 0.2) is 41.1 Å². The number of aryl methyl sites for hydroxylation is 1. The minimum absolute atomic E-state index is 0.483. The van der Waals surface area contributed by atoms with Crippen LogP contribution in [-0.2, 0) is 13.0 Å². The maximum Gasteiger partial charge on any atom is 0.120 e. The van der Waals surface area contributed by atoms with E-state index in [-0.39, 0.29) is 0 Å². The molecule has 3 nitrogen and oxygen atoms in total. The minimum atomic E-state index is 0.483. The lowest BCUT2D eigenvalue weighted by atomic mass is 9.87. The quantitative estimate of drug-likeness (QED) is 0.907. The van der Waals surface area contributed by atoms with Gasteiger partial charge >= 0.3 is 0 Å². The van der Waals surface area contributed by atoms with Crippen LogP contribution in [0.1, 0.15) is 35.6 Å². The molecule has 21 heavy (non-hydrogen) atoms. The average Bonchev–Trinajstić information content (AvgIpc) is 2.52. The van der Waals surface area contributed by atoms with Gasteiger partial charge in [-0.3, -0.25) is 4.98 Å². The Balaban J connectivity index is 1.72. The van der Waals surface area contributed by atoms with Gasteiger partial charge in [0.25, 0.3) is 0 Å². The Morgan fingerprint density at radius 3 is 3.05 bits per heavy atom. The largest absolute Gasteiger partial charge is 0.489 e. The number of nitrogens with one attached hydrogen (secondary N) is 1. The number of aromatic nitrogens is 1. The van der Waals surface area contributed by atoms with Crippen molar-refractivity contribution in [3.63, 3.8) is 0 Å². The van der Waals surface area contributed by atoms with Gasteiger partial charge in [-0.2, -0.15) is 0 Å². The first-order valence-corrected chi connectivity index (χ1v) is 8.08. The molecule has 0 radical (unpaired) electrons. The van der Waals surface area contributed by atoms with Crippen LogP contribution in [-0.4, -0.2) is 12.0 Å². The van der Waals surface area contributed by atoms with Gasteiger partial charge in [0.2, 0.25) is 0 Å². The molecule has 0 bridgehead atoms. The minimum Gasteiger partial charge on any atom is -0.489 e. The number of pyridine rings is 1. The molecule has 0 saturated heterocycles. The molecule has 1 unspecified atom stereocenters. The van der Waals surface area contributed by atoms with Crippen molar-refractivity contribution in [1.82, 2.24) is 10.3 Å². The van der Waals surface area contributed by atoms with Gasteiger partial charge in [-0.25, -0.2) is 0 Å². The van der Waals surface area contributed by atoms with Crippen LogP contribution in [0.2, 0.25) is 0 Å². The molecule has 0 spiro atoms. The van der Waals surface area contributed by atoms with Gasteiger partial charge < -0.3 is 10.1 Å². The van der Waals surface area contributed by atoms with Crippen LogP contribution in [0.3, 0.4) is 0 Å². The highest BCUT2D eigenvalue weighted by Gasteiger charge is 2.18. The Morgan fingerprint density at radius 2 is 2.24 bits per heavy atom. The average molecular weight is 347 g/mol. The smallest absolute Gasteiger partial charge is 0.120 e. The zero-order valence-corrected chi connectivity index (χ0v) is 13.7. The van der Waals surface area contributed by atoms with E-state index in [2.05, 4.69) is 44.4 Å². The highest BCUT2D eigenvalue weighted by molar-refractivity contribution is 9.10. The Kier molecular flexibility index (Phi) is 4.56. The fraction of sp³-hybridized carbons (Fsp3) is 0.353. The summed E-state index contributed by atoms with van der Waals surface area (Å²) in [7, 11) is 2.03. The monoisotopic (exact) mass is 346 g/mol. The van der Waals surface area contributed by atoms with Gasteiger partial charge in [0, 0.05) is 28.5 Å². The van der Waals surface area contributed by atoms with E-state index in [1.807, 2.05) is 19.3 Å². The lowest BCUT2D eigenvalue weighted by Gasteiger charge is -2.25. The second-order valence-corrected chi connectivity index (χ2v) is 6.31. The van der Waals surface area contributed by atoms with Crippen molar-refractivity contribution in [2.75, 3.05) is 7.05 Å². The van der Waals surface area contributed by atoms with Gasteiger partial charge in [-0.1, -0.05) is 6.07 Å². The van der Waals surface area contributed by atoms with Gasteiger partial charge in [-0.15, -0.1) is 0 Å². The Bertz CT molecular complexity index is 630. The van der Waals surface area contributed by atoms with E-state index in [1.165, 1.54) is 24.0 Å². The summed E-state index contributed by atoms with van der Waals surface area (Å²) < 4.78 is 6.88.